The van der Waals surface area contributed by atoms with E-state index in [1.54, 1.807) is 4.90 Å². The van der Waals surface area contributed by atoms with Gasteiger partial charge in [0.25, 0.3) is 0 Å². The number of carbonyl (C=O) groups excluding carboxylic acids is 2. The van der Waals surface area contributed by atoms with E-state index in [9.17, 15) is 9.59 Å². The Balaban J connectivity index is 0.00000288. The largest absolute Gasteiger partial charge is 0.356 e. The highest BCUT2D eigenvalue weighted by Gasteiger charge is 2.28. The Kier molecular flexibility index (Phi) is 9.44. The van der Waals surface area contributed by atoms with Crippen molar-refractivity contribution in [3.63, 3.8) is 0 Å². The minimum absolute atomic E-state index is 0. The highest BCUT2D eigenvalue weighted by atomic mass is 35.5. The van der Waals surface area contributed by atoms with E-state index in [-0.39, 0.29) is 30.3 Å². The highest BCUT2D eigenvalue weighted by Crippen LogP contribution is 2.17. The highest BCUT2D eigenvalue weighted by molar-refractivity contribution is 5.85. The zero-order valence-corrected chi connectivity index (χ0v) is 15.8. The maximum absolute atomic E-state index is 12.3. The lowest BCUT2D eigenvalue weighted by Crippen LogP contribution is -2.49. The van der Waals surface area contributed by atoms with Gasteiger partial charge >= 0.3 is 6.03 Å². The molecule has 0 saturated carbocycles. The van der Waals surface area contributed by atoms with Gasteiger partial charge < -0.3 is 20.9 Å². The molecule has 0 radical (unpaired) electrons. The lowest BCUT2D eigenvalue weighted by molar-refractivity contribution is -0.126. The molecule has 0 aromatic carbocycles. The van der Waals surface area contributed by atoms with Crippen molar-refractivity contribution in [2.45, 2.75) is 39.5 Å². The molecule has 2 heterocycles. The van der Waals surface area contributed by atoms with Gasteiger partial charge in [-0.2, -0.15) is 0 Å². The summed E-state index contributed by atoms with van der Waals surface area (Å²) in [5.74, 6) is 1.18. The van der Waals surface area contributed by atoms with E-state index < -0.39 is 0 Å². The third-order valence-electron chi connectivity index (χ3n) is 4.76. The standard InChI is InChI=1S/C17H32N4O2.ClH/c1-13(2)10-20-17(23)21-9-3-4-15(12-21)16(22)19-8-6-14-5-7-18-11-14;/h13-15,18H,3-12H2,1-2H3,(H,19,22)(H,20,23);1H. The summed E-state index contributed by atoms with van der Waals surface area (Å²) in [6.45, 7) is 9.05. The van der Waals surface area contributed by atoms with Crippen LogP contribution >= 0.6 is 12.4 Å². The molecule has 140 valence electrons. The van der Waals surface area contributed by atoms with Gasteiger partial charge in [-0.05, 0) is 50.6 Å². The summed E-state index contributed by atoms with van der Waals surface area (Å²) in [5.41, 5.74) is 0. The summed E-state index contributed by atoms with van der Waals surface area (Å²) >= 11 is 0. The van der Waals surface area contributed by atoms with Crippen molar-refractivity contribution in [2.24, 2.45) is 17.8 Å². The minimum Gasteiger partial charge on any atom is -0.356 e. The second-order valence-electron chi connectivity index (χ2n) is 7.30. The van der Waals surface area contributed by atoms with Gasteiger partial charge in [0, 0.05) is 26.2 Å². The van der Waals surface area contributed by atoms with Crippen LogP contribution in [0.15, 0.2) is 0 Å². The Hall–Kier alpha value is -1.01. The second-order valence-corrected chi connectivity index (χ2v) is 7.30. The van der Waals surface area contributed by atoms with Gasteiger partial charge in [-0.15, -0.1) is 12.4 Å². The molecule has 6 nitrogen and oxygen atoms in total. The fourth-order valence-electron chi connectivity index (χ4n) is 3.28. The minimum atomic E-state index is -0.0600. The van der Waals surface area contributed by atoms with E-state index in [1.165, 1.54) is 6.42 Å². The maximum atomic E-state index is 12.3. The molecule has 7 heteroatoms. The van der Waals surface area contributed by atoms with Gasteiger partial charge in [0.2, 0.25) is 5.91 Å². The number of amides is 3. The molecular formula is C17H33ClN4O2. The lowest BCUT2D eigenvalue weighted by Gasteiger charge is -2.32. The third-order valence-corrected chi connectivity index (χ3v) is 4.76. The summed E-state index contributed by atoms with van der Waals surface area (Å²) < 4.78 is 0. The summed E-state index contributed by atoms with van der Waals surface area (Å²) in [5, 5.41) is 9.35. The molecule has 0 aromatic heterocycles. The van der Waals surface area contributed by atoms with Crippen LogP contribution in [0.25, 0.3) is 0 Å². The molecule has 3 amide bonds. The number of hydrogen-bond acceptors (Lipinski definition) is 3. The van der Waals surface area contributed by atoms with Crippen LogP contribution in [0, 0.1) is 17.8 Å². The molecule has 2 fully saturated rings. The first-order valence-electron chi connectivity index (χ1n) is 9.07. The summed E-state index contributed by atoms with van der Waals surface area (Å²) in [4.78, 5) is 26.2. The number of likely N-dealkylation sites (tertiary alicyclic amines) is 1. The van der Waals surface area contributed by atoms with Crippen molar-refractivity contribution in [2.75, 3.05) is 39.3 Å². The Bertz CT molecular complexity index is 400. The molecular weight excluding hydrogens is 328 g/mol. The fourth-order valence-corrected chi connectivity index (χ4v) is 3.28. The summed E-state index contributed by atoms with van der Waals surface area (Å²) in [6.07, 6.45) is 4.04. The molecule has 2 atom stereocenters. The van der Waals surface area contributed by atoms with Crippen LogP contribution in [-0.4, -0.2) is 56.1 Å². The molecule has 2 unspecified atom stereocenters. The van der Waals surface area contributed by atoms with E-state index in [4.69, 9.17) is 0 Å². The average molecular weight is 361 g/mol. The van der Waals surface area contributed by atoms with E-state index in [2.05, 4.69) is 29.8 Å². The quantitative estimate of drug-likeness (QED) is 0.673. The molecule has 2 aliphatic heterocycles. The van der Waals surface area contributed by atoms with Crippen LogP contribution in [0.1, 0.15) is 39.5 Å². The van der Waals surface area contributed by atoms with Gasteiger partial charge in [-0.1, -0.05) is 13.8 Å². The summed E-state index contributed by atoms with van der Waals surface area (Å²) in [7, 11) is 0. The average Bonchev–Trinajstić information content (AvgIpc) is 3.06. The van der Waals surface area contributed by atoms with Gasteiger partial charge in [-0.3, -0.25) is 4.79 Å². The predicted octanol–water partition coefficient (Wildman–Crippen LogP) is 1.60. The van der Waals surface area contributed by atoms with Gasteiger partial charge in [0.05, 0.1) is 5.92 Å². The van der Waals surface area contributed by atoms with Crippen molar-refractivity contribution in [1.29, 1.82) is 0 Å². The number of nitrogens with one attached hydrogen (secondary N) is 3. The number of hydrogen-bond donors (Lipinski definition) is 3. The zero-order chi connectivity index (χ0) is 16.7. The smallest absolute Gasteiger partial charge is 0.317 e. The Morgan fingerprint density at radius 3 is 2.71 bits per heavy atom. The normalized spacial score (nSPS) is 23.7. The molecule has 2 saturated heterocycles. The van der Waals surface area contributed by atoms with Crippen LogP contribution in [0.5, 0.6) is 0 Å². The third kappa shape index (κ3) is 6.85. The van der Waals surface area contributed by atoms with Crippen LogP contribution in [-0.2, 0) is 4.79 Å². The monoisotopic (exact) mass is 360 g/mol. The van der Waals surface area contributed by atoms with E-state index in [0.717, 1.165) is 45.4 Å². The summed E-state index contributed by atoms with van der Waals surface area (Å²) in [6, 6.07) is -0.0340. The number of nitrogens with zero attached hydrogens (tertiary/aromatic N) is 1. The molecule has 0 aliphatic carbocycles. The number of carbonyl (C=O) groups is 2. The van der Waals surface area contributed by atoms with Crippen molar-refractivity contribution >= 4 is 24.3 Å². The molecule has 3 N–H and O–H groups in total. The van der Waals surface area contributed by atoms with Crippen LogP contribution in [0.2, 0.25) is 0 Å². The lowest BCUT2D eigenvalue weighted by atomic mass is 9.97. The number of urea groups is 1. The fraction of sp³-hybridized carbons (Fsp3) is 0.882. The number of rotatable bonds is 6. The molecule has 0 aromatic rings. The maximum Gasteiger partial charge on any atom is 0.317 e. The van der Waals surface area contributed by atoms with Crippen molar-refractivity contribution in [1.82, 2.24) is 20.9 Å². The van der Waals surface area contributed by atoms with Gasteiger partial charge in [0.15, 0.2) is 0 Å². The van der Waals surface area contributed by atoms with Crippen molar-refractivity contribution in [3.05, 3.63) is 0 Å². The first-order valence-corrected chi connectivity index (χ1v) is 9.07. The SMILES string of the molecule is CC(C)CNC(=O)N1CCCC(C(=O)NCCC2CCNC2)C1.Cl. The van der Waals surface area contributed by atoms with E-state index in [1.807, 2.05) is 0 Å². The molecule has 2 aliphatic rings. The van der Waals surface area contributed by atoms with Crippen LogP contribution < -0.4 is 16.0 Å². The van der Waals surface area contributed by atoms with E-state index in [0.29, 0.717) is 24.9 Å². The van der Waals surface area contributed by atoms with E-state index >= 15 is 0 Å². The Morgan fingerprint density at radius 2 is 2.04 bits per heavy atom. The second kappa shape index (κ2) is 10.8. The Labute approximate surface area is 151 Å². The van der Waals surface area contributed by atoms with Gasteiger partial charge in [0.1, 0.15) is 0 Å². The molecule has 0 bridgehead atoms. The Morgan fingerprint density at radius 1 is 1.25 bits per heavy atom. The first-order chi connectivity index (χ1) is 11.1. The van der Waals surface area contributed by atoms with Crippen molar-refractivity contribution < 1.29 is 9.59 Å². The van der Waals surface area contributed by atoms with Crippen molar-refractivity contribution in [3.8, 4) is 0 Å². The van der Waals surface area contributed by atoms with Crippen LogP contribution in [0.3, 0.4) is 0 Å². The topological polar surface area (TPSA) is 73.5 Å². The predicted molar refractivity (Wildman–Crippen MR) is 98.4 cm³/mol. The molecule has 2 rings (SSSR count). The molecule has 0 spiro atoms. The molecule has 24 heavy (non-hydrogen) atoms. The van der Waals surface area contributed by atoms with Gasteiger partial charge in [-0.25, -0.2) is 4.79 Å². The first kappa shape index (κ1) is 21.0. The number of piperidine rings is 1. The van der Waals surface area contributed by atoms with Crippen LogP contribution in [0.4, 0.5) is 4.79 Å². The zero-order valence-electron chi connectivity index (χ0n) is 15.0. The number of halogens is 1.